The highest BCUT2D eigenvalue weighted by atomic mass is 35.5. The maximum atomic E-state index is 12.9. The van der Waals surface area contributed by atoms with Crippen LogP contribution in [-0.4, -0.2) is 29.2 Å². The van der Waals surface area contributed by atoms with Crippen LogP contribution in [0.1, 0.15) is 60.5 Å². The van der Waals surface area contributed by atoms with E-state index in [4.69, 9.17) is 37.4 Å². The van der Waals surface area contributed by atoms with Crippen LogP contribution in [0.25, 0.3) is 0 Å². The molecule has 0 heterocycles. The van der Waals surface area contributed by atoms with E-state index in [1.165, 1.54) is 0 Å². The highest BCUT2D eigenvalue weighted by Gasteiger charge is 2.39. The van der Waals surface area contributed by atoms with Crippen molar-refractivity contribution in [2.75, 3.05) is 0 Å². The molecule has 0 aliphatic heterocycles. The van der Waals surface area contributed by atoms with Crippen LogP contribution in [0.15, 0.2) is 48.5 Å². The van der Waals surface area contributed by atoms with E-state index in [0.29, 0.717) is 22.2 Å². The molecule has 192 valence electrons. The first-order chi connectivity index (χ1) is 16.2. The Labute approximate surface area is 219 Å². The summed E-state index contributed by atoms with van der Waals surface area (Å²) in [4.78, 5) is 25.1. The molecular weight excluding hydrogens is 487 g/mol. The maximum Gasteiger partial charge on any atom is 0.309 e. The summed E-state index contributed by atoms with van der Waals surface area (Å²) < 4.78 is 17.6. The van der Waals surface area contributed by atoms with Gasteiger partial charge in [-0.3, -0.25) is 9.59 Å². The van der Waals surface area contributed by atoms with Gasteiger partial charge in [0.25, 0.3) is 0 Å². The molecule has 2 rings (SSSR count). The Balaban J connectivity index is 2.20. The van der Waals surface area contributed by atoms with Gasteiger partial charge in [0, 0.05) is 10.9 Å². The number of hydrogen-bond acceptors (Lipinski definition) is 5. The zero-order valence-corrected chi connectivity index (χ0v) is 23.1. The third kappa shape index (κ3) is 9.38. The van der Waals surface area contributed by atoms with Gasteiger partial charge < -0.3 is 14.2 Å². The van der Waals surface area contributed by atoms with Crippen molar-refractivity contribution in [1.29, 1.82) is 0 Å². The number of rotatable bonds is 10. The molecule has 0 spiro atoms. The molecule has 0 aliphatic carbocycles. The summed E-state index contributed by atoms with van der Waals surface area (Å²) in [5.74, 6) is -1.26. The zero-order chi connectivity index (χ0) is 26.4. The fraction of sp³-hybridized carbons (Fsp3) is 0.500. The molecule has 5 nitrogen and oxygen atoms in total. The molecule has 7 heteroatoms. The summed E-state index contributed by atoms with van der Waals surface area (Å²) in [6, 6.07) is 15.0. The average molecular weight is 523 g/mol. The fourth-order valence-corrected chi connectivity index (χ4v) is 4.31. The van der Waals surface area contributed by atoms with E-state index in [9.17, 15) is 9.59 Å². The van der Waals surface area contributed by atoms with Crippen LogP contribution in [0.5, 0.6) is 5.75 Å². The number of hydrogen-bond donors (Lipinski definition) is 0. The van der Waals surface area contributed by atoms with Crippen LogP contribution in [0.4, 0.5) is 0 Å². The van der Waals surface area contributed by atoms with Crippen LogP contribution in [0, 0.1) is 11.8 Å². The monoisotopic (exact) mass is 522 g/mol. The van der Waals surface area contributed by atoms with E-state index in [2.05, 4.69) is 0 Å². The Morgan fingerprint density at radius 3 is 2.14 bits per heavy atom. The van der Waals surface area contributed by atoms with Gasteiger partial charge in [0.2, 0.25) is 0 Å². The van der Waals surface area contributed by atoms with Crippen molar-refractivity contribution >= 4 is 35.1 Å². The van der Waals surface area contributed by atoms with Crippen molar-refractivity contribution < 1.29 is 23.8 Å². The minimum absolute atomic E-state index is 0.0492. The lowest BCUT2D eigenvalue weighted by Gasteiger charge is -2.38. The second-order valence-corrected chi connectivity index (χ2v) is 11.3. The summed E-state index contributed by atoms with van der Waals surface area (Å²) in [6.45, 7) is 12.8. The van der Waals surface area contributed by atoms with Crippen molar-refractivity contribution in [3.8, 4) is 5.75 Å². The molecule has 0 fully saturated rings. The maximum absolute atomic E-state index is 12.9. The number of halogens is 2. The molecule has 0 N–H and O–H groups in total. The summed E-state index contributed by atoms with van der Waals surface area (Å²) in [5.41, 5.74) is -0.290. The van der Waals surface area contributed by atoms with Crippen LogP contribution >= 0.6 is 23.2 Å². The van der Waals surface area contributed by atoms with Crippen molar-refractivity contribution in [3.05, 3.63) is 64.1 Å². The van der Waals surface area contributed by atoms with E-state index >= 15 is 0 Å². The second-order valence-electron chi connectivity index (χ2n) is 10.4. The molecule has 3 atom stereocenters. The van der Waals surface area contributed by atoms with E-state index in [1.54, 1.807) is 45.9 Å². The molecule has 0 saturated carbocycles. The normalized spacial score (nSPS) is 14.5. The summed E-state index contributed by atoms with van der Waals surface area (Å²) in [5, 5.41) is 0.918. The lowest BCUT2D eigenvalue weighted by Crippen LogP contribution is -2.46. The van der Waals surface area contributed by atoms with Gasteiger partial charge in [0.1, 0.15) is 23.1 Å². The van der Waals surface area contributed by atoms with Gasteiger partial charge in [-0.1, -0.05) is 60.5 Å². The first kappa shape index (κ1) is 29.0. The van der Waals surface area contributed by atoms with E-state index in [0.717, 1.165) is 5.56 Å². The molecule has 0 aliphatic rings. The van der Waals surface area contributed by atoms with E-state index < -0.39 is 35.2 Å². The zero-order valence-electron chi connectivity index (χ0n) is 21.6. The van der Waals surface area contributed by atoms with Gasteiger partial charge >= 0.3 is 11.9 Å². The van der Waals surface area contributed by atoms with E-state index in [1.807, 2.05) is 51.1 Å². The summed E-state index contributed by atoms with van der Waals surface area (Å²) in [7, 11) is 0. The Morgan fingerprint density at radius 2 is 1.57 bits per heavy atom. The lowest BCUT2D eigenvalue weighted by molar-refractivity contribution is -0.166. The highest BCUT2D eigenvalue weighted by Crippen LogP contribution is 2.36. The van der Waals surface area contributed by atoms with Crippen molar-refractivity contribution in [2.45, 2.75) is 78.6 Å². The number of carbonyl (C=O) groups is 2. The number of carbonyl (C=O) groups excluding carboxylic acids is 2. The van der Waals surface area contributed by atoms with Crippen molar-refractivity contribution in [1.82, 2.24) is 0 Å². The standard InChI is InChI=1S/C28H36Cl2O5/c1-18(15-25(31)35-27(3,4)5)26(32)33-19(2)22(16-20-11-9-8-10-12-20)28(6,7)34-24-14-13-21(29)17-23(24)30/h8-14,17-19,22H,15-16H2,1-7H3/t18-,19+,22+/m1/s1. The topological polar surface area (TPSA) is 61.8 Å². The quantitative estimate of drug-likeness (QED) is 0.306. The SMILES string of the molecule is C[C@H](CC(=O)OC(C)(C)C)C(=O)O[C@@H](C)[C@H](Cc1ccccc1)C(C)(C)Oc1ccc(Cl)cc1Cl. The molecule has 2 aromatic carbocycles. The average Bonchev–Trinajstić information content (AvgIpc) is 2.73. The predicted molar refractivity (Wildman–Crippen MR) is 140 cm³/mol. The lowest BCUT2D eigenvalue weighted by atomic mass is 9.81. The second kappa shape index (κ2) is 12.1. The van der Waals surface area contributed by atoms with Crippen LogP contribution in [0.2, 0.25) is 10.0 Å². The van der Waals surface area contributed by atoms with E-state index in [-0.39, 0.29) is 12.3 Å². The smallest absolute Gasteiger partial charge is 0.309 e. The Morgan fingerprint density at radius 1 is 0.943 bits per heavy atom. The molecule has 0 saturated heterocycles. The molecule has 0 bridgehead atoms. The first-order valence-electron chi connectivity index (χ1n) is 11.8. The van der Waals surface area contributed by atoms with Gasteiger partial charge in [-0.2, -0.15) is 0 Å². The van der Waals surface area contributed by atoms with Crippen LogP contribution in [0.3, 0.4) is 0 Å². The van der Waals surface area contributed by atoms with Crippen molar-refractivity contribution in [3.63, 3.8) is 0 Å². The largest absolute Gasteiger partial charge is 0.486 e. The third-order valence-corrected chi connectivity index (χ3v) is 6.15. The number of benzene rings is 2. The van der Waals surface area contributed by atoms with Gasteiger partial charge in [0.05, 0.1) is 17.4 Å². The van der Waals surface area contributed by atoms with Gasteiger partial charge in [0.15, 0.2) is 0 Å². The van der Waals surface area contributed by atoms with Gasteiger partial charge in [-0.25, -0.2) is 0 Å². The van der Waals surface area contributed by atoms with Crippen molar-refractivity contribution in [2.24, 2.45) is 11.8 Å². The molecule has 0 aromatic heterocycles. The molecule has 2 aromatic rings. The molecule has 0 radical (unpaired) electrons. The Kier molecular flexibility index (Phi) is 10.1. The number of ether oxygens (including phenoxy) is 3. The molecule has 35 heavy (non-hydrogen) atoms. The van der Waals surface area contributed by atoms with Gasteiger partial charge in [-0.15, -0.1) is 0 Å². The fourth-order valence-electron chi connectivity index (χ4n) is 3.86. The minimum Gasteiger partial charge on any atom is -0.486 e. The molecule has 0 unspecified atom stereocenters. The first-order valence-corrected chi connectivity index (χ1v) is 12.5. The minimum atomic E-state index is -0.762. The van der Waals surface area contributed by atoms with Crippen LogP contribution < -0.4 is 4.74 Å². The summed E-state index contributed by atoms with van der Waals surface area (Å²) in [6.07, 6.45) is 0.0466. The van der Waals surface area contributed by atoms with Gasteiger partial charge in [-0.05, 0) is 71.7 Å². The Hall–Kier alpha value is -2.24. The molecule has 0 amide bonds. The molecular formula is C28H36Cl2O5. The van der Waals surface area contributed by atoms with Crippen LogP contribution in [-0.2, 0) is 25.5 Å². The summed E-state index contributed by atoms with van der Waals surface area (Å²) >= 11 is 12.4. The Bertz CT molecular complexity index is 998. The number of esters is 2. The predicted octanol–water partition coefficient (Wildman–Crippen LogP) is 7.31. The third-order valence-electron chi connectivity index (χ3n) is 5.62. The highest BCUT2D eigenvalue weighted by molar-refractivity contribution is 6.35.